The molecule has 0 fully saturated rings. The van der Waals surface area contributed by atoms with E-state index in [9.17, 15) is 9.50 Å². The molecule has 0 unspecified atom stereocenters. The van der Waals surface area contributed by atoms with Gasteiger partial charge in [0.05, 0.1) is 5.69 Å². The minimum Gasteiger partial charge on any atom is -0.504 e. The Morgan fingerprint density at radius 3 is 2.29 bits per heavy atom. The molecule has 0 aromatic heterocycles. The minimum atomic E-state index is -0.314. The van der Waals surface area contributed by atoms with E-state index < -0.39 is 0 Å². The highest BCUT2D eigenvalue weighted by atomic mass is 19.1. The van der Waals surface area contributed by atoms with Crippen LogP contribution in [-0.2, 0) is 0 Å². The molecule has 4 heteroatoms. The number of benzene rings is 2. The molecule has 0 saturated carbocycles. The van der Waals surface area contributed by atoms with E-state index in [4.69, 9.17) is 5.11 Å². The van der Waals surface area contributed by atoms with Gasteiger partial charge in [-0.1, -0.05) is 0 Å². The van der Waals surface area contributed by atoms with E-state index in [1.807, 2.05) is 0 Å². The largest absolute Gasteiger partial charge is 0.504 e. The van der Waals surface area contributed by atoms with Crippen LogP contribution in [-0.4, -0.2) is 16.4 Å². The first-order valence-electron chi connectivity index (χ1n) is 4.97. The summed E-state index contributed by atoms with van der Waals surface area (Å²) < 4.78 is 12.6. The zero-order chi connectivity index (χ0) is 12.3. The normalized spacial score (nSPS) is 10.9. The van der Waals surface area contributed by atoms with Crippen LogP contribution < -0.4 is 0 Å². The minimum absolute atomic E-state index is 0.177. The van der Waals surface area contributed by atoms with Crippen molar-refractivity contribution >= 4 is 11.9 Å². The van der Waals surface area contributed by atoms with Gasteiger partial charge in [0.25, 0.3) is 0 Å². The fourth-order valence-electron chi connectivity index (χ4n) is 1.30. The van der Waals surface area contributed by atoms with E-state index in [0.717, 1.165) is 0 Å². The summed E-state index contributed by atoms with van der Waals surface area (Å²) in [5, 5.41) is 18.4. The third-order valence-electron chi connectivity index (χ3n) is 2.19. The highest BCUT2D eigenvalue weighted by molar-refractivity contribution is 5.82. The van der Waals surface area contributed by atoms with Crippen LogP contribution in [0.15, 0.2) is 47.5 Å². The zero-order valence-corrected chi connectivity index (χ0v) is 8.84. The quantitative estimate of drug-likeness (QED) is 0.616. The van der Waals surface area contributed by atoms with Crippen molar-refractivity contribution in [2.75, 3.05) is 0 Å². The van der Waals surface area contributed by atoms with Crippen LogP contribution in [0, 0.1) is 5.82 Å². The van der Waals surface area contributed by atoms with Gasteiger partial charge in [-0.05, 0) is 48.0 Å². The molecule has 2 rings (SSSR count). The summed E-state index contributed by atoms with van der Waals surface area (Å²) in [6.07, 6.45) is 1.52. The molecule has 0 saturated heterocycles. The van der Waals surface area contributed by atoms with Crippen molar-refractivity contribution in [2.45, 2.75) is 0 Å². The van der Waals surface area contributed by atoms with Crippen molar-refractivity contribution < 1.29 is 14.6 Å². The molecule has 86 valence electrons. The summed E-state index contributed by atoms with van der Waals surface area (Å²) in [5.41, 5.74) is 1.25. The molecule has 2 N–H and O–H groups in total. The predicted octanol–water partition coefficient (Wildman–Crippen LogP) is 2.99. The topological polar surface area (TPSA) is 52.8 Å². The Bertz CT molecular complexity index is 550. The molecule has 0 bridgehead atoms. The molecule has 2 aromatic carbocycles. The summed E-state index contributed by atoms with van der Waals surface area (Å²) >= 11 is 0. The standard InChI is InChI=1S/C13H10FNO2/c14-10-2-4-11(5-3-10)15-8-9-1-6-12(16)13(17)7-9/h1-8,16-17H. The van der Waals surface area contributed by atoms with Crippen LogP contribution in [0.2, 0.25) is 0 Å². The lowest BCUT2D eigenvalue weighted by Crippen LogP contribution is -1.80. The van der Waals surface area contributed by atoms with Gasteiger partial charge in [-0.3, -0.25) is 4.99 Å². The van der Waals surface area contributed by atoms with Gasteiger partial charge in [0.2, 0.25) is 0 Å². The lowest BCUT2D eigenvalue weighted by molar-refractivity contribution is 0.403. The smallest absolute Gasteiger partial charge is 0.158 e. The Morgan fingerprint density at radius 2 is 1.65 bits per heavy atom. The maximum absolute atomic E-state index is 12.6. The van der Waals surface area contributed by atoms with Gasteiger partial charge >= 0.3 is 0 Å². The fraction of sp³-hybridized carbons (Fsp3) is 0. The molecule has 0 aliphatic rings. The van der Waals surface area contributed by atoms with Gasteiger partial charge in [-0.15, -0.1) is 0 Å². The second-order valence-corrected chi connectivity index (χ2v) is 3.48. The molecule has 2 aromatic rings. The van der Waals surface area contributed by atoms with Crippen LogP contribution in [0.5, 0.6) is 11.5 Å². The van der Waals surface area contributed by atoms with Gasteiger partial charge < -0.3 is 10.2 Å². The Kier molecular flexibility index (Phi) is 3.05. The number of aliphatic imine (C=N–C) groups is 1. The SMILES string of the molecule is Oc1ccc(C=Nc2ccc(F)cc2)cc1O. The molecule has 3 nitrogen and oxygen atoms in total. The first kappa shape index (κ1) is 11.1. The maximum atomic E-state index is 12.6. The number of halogens is 1. The molecule has 0 aliphatic heterocycles. The van der Waals surface area contributed by atoms with Crippen LogP contribution in [0.4, 0.5) is 10.1 Å². The lowest BCUT2D eigenvalue weighted by Gasteiger charge is -1.98. The van der Waals surface area contributed by atoms with Crippen molar-refractivity contribution in [3.63, 3.8) is 0 Å². The van der Waals surface area contributed by atoms with Crippen LogP contribution >= 0.6 is 0 Å². The van der Waals surface area contributed by atoms with Gasteiger partial charge in [0.1, 0.15) is 5.82 Å². The van der Waals surface area contributed by atoms with Crippen LogP contribution in [0.3, 0.4) is 0 Å². The Morgan fingerprint density at radius 1 is 0.941 bits per heavy atom. The monoisotopic (exact) mass is 231 g/mol. The Labute approximate surface area is 97.5 Å². The fourth-order valence-corrected chi connectivity index (χ4v) is 1.30. The average Bonchev–Trinajstić information content (AvgIpc) is 2.33. The number of hydrogen-bond donors (Lipinski definition) is 2. The second-order valence-electron chi connectivity index (χ2n) is 3.48. The number of phenolic OH excluding ortho intramolecular Hbond substituents is 2. The third kappa shape index (κ3) is 2.81. The van der Waals surface area contributed by atoms with Gasteiger partial charge in [0, 0.05) is 6.21 Å². The lowest BCUT2D eigenvalue weighted by atomic mass is 10.2. The summed E-state index contributed by atoms with van der Waals surface area (Å²) in [4.78, 5) is 4.10. The highest BCUT2D eigenvalue weighted by Crippen LogP contribution is 2.24. The molecule has 17 heavy (non-hydrogen) atoms. The number of nitrogens with zero attached hydrogens (tertiary/aromatic N) is 1. The third-order valence-corrected chi connectivity index (χ3v) is 2.19. The molecule has 0 heterocycles. The van der Waals surface area contributed by atoms with Crippen molar-refractivity contribution in [1.82, 2.24) is 0 Å². The molecular weight excluding hydrogens is 221 g/mol. The van der Waals surface area contributed by atoms with Crippen molar-refractivity contribution in [1.29, 1.82) is 0 Å². The molecular formula is C13H10FNO2. The molecule has 0 atom stereocenters. The van der Waals surface area contributed by atoms with Crippen molar-refractivity contribution in [2.24, 2.45) is 4.99 Å². The summed E-state index contributed by atoms with van der Waals surface area (Å²) in [6.45, 7) is 0. The van der Waals surface area contributed by atoms with Gasteiger partial charge in [-0.25, -0.2) is 4.39 Å². The molecule has 0 radical (unpaired) electrons. The molecule has 0 amide bonds. The number of hydrogen-bond acceptors (Lipinski definition) is 3. The Hall–Kier alpha value is -2.36. The number of rotatable bonds is 2. The van der Waals surface area contributed by atoms with E-state index in [2.05, 4.69) is 4.99 Å². The summed E-state index contributed by atoms with van der Waals surface area (Å²) in [5.74, 6) is -0.691. The Balaban J connectivity index is 2.20. The summed E-state index contributed by atoms with van der Waals surface area (Å²) in [6, 6.07) is 10.1. The van der Waals surface area contributed by atoms with E-state index in [0.29, 0.717) is 11.3 Å². The van der Waals surface area contributed by atoms with Crippen molar-refractivity contribution in [3.8, 4) is 11.5 Å². The van der Waals surface area contributed by atoms with E-state index in [1.54, 1.807) is 18.2 Å². The van der Waals surface area contributed by atoms with Crippen LogP contribution in [0.1, 0.15) is 5.56 Å². The average molecular weight is 231 g/mol. The van der Waals surface area contributed by atoms with Crippen molar-refractivity contribution in [3.05, 3.63) is 53.8 Å². The molecule has 0 aliphatic carbocycles. The second kappa shape index (κ2) is 4.65. The predicted molar refractivity (Wildman–Crippen MR) is 63.4 cm³/mol. The zero-order valence-electron chi connectivity index (χ0n) is 8.84. The number of phenols is 2. The van der Waals surface area contributed by atoms with Gasteiger partial charge in [-0.2, -0.15) is 0 Å². The van der Waals surface area contributed by atoms with E-state index >= 15 is 0 Å². The van der Waals surface area contributed by atoms with E-state index in [-0.39, 0.29) is 17.3 Å². The summed E-state index contributed by atoms with van der Waals surface area (Å²) in [7, 11) is 0. The first-order valence-corrected chi connectivity index (χ1v) is 4.97. The molecule has 0 spiro atoms. The van der Waals surface area contributed by atoms with E-state index in [1.165, 1.54) is 30.5 Å². The first-order chi connectivity index (χ1) is 8.15. The number of aromatic hydroxyl groups is 2. The van der Waals surface area contributed by atoms with Gasteiger partial charge in [0.15, 0.2) is 11.5 Å². The van der Waals surface area contributed by atoms with Crippen LogP contribution in [0.25, 0.3) is 0 Å². The maximum Gasteiger partial charge on any atom is 0.158 e. The highest BCUT2D eigenvalue weighted by Gasteiger charge is 1.98.